The zero-order valence-corrected chi connectivity index (χ0v) is 21.7. The lowest BCUT2D eigenvalue weighted by molar-refractivity contribution is -0.152. The van der Waals surface area contributed by atoms with Crippen LogP contribution in [0.3, 0.4) is 0 Å². The second kappa shape index (κ2) is 11.2. The summed E-state index contributed by atoms with van der Waals surface area (Å²) in [5, 5.41) is 13.4. The first kappa shape index (κ1) is 27.7. The van der Waals surface area contributed by atoms with E-state index in [1.807, 2.05) is 48.2 Å². The number of hydrogen-bond acceptors (Lipinski definition) is 6. The van der Waals surface area contributed by atoms with Gasteiger partial charge in [-0.05, 0) is 79.9 Å². The van der Waals surface area contributed by atoms with E-state index in [2.05, 4.69) is 10.1 Å². The largest absolute Gasteiger partial charge is 0.478 e. The highest BCUT2D eigenvalue weighted by atomic mass is 19.4. The Balaban J connectivity index is 1.53. The molecule has 0 atom stereocenters. The van der Waals surface area contributed by atoms with Gasteiger partial charge in [0.15, 0.2) is 5.60 Å². The van der Waals surface area contributed by atoms with Crippen LogP contribution in [0.1, 0.15) is 36.1 Å². The van der Waals surface area contributed by atoms with E-state index >= 15 is 0 Å². The van der Waals surface area contributed by atoms with Crippen LogP contribution in [0.5, 0.6) is 5.75 Å². The lowest BCUT2D eigenvalue weighted by atomic mass is 10.1. The van der Waals surface area contributed by atoms with E-state index < -0.39 is 23.3 Å². The van der Waals surface area contributed by atoms with Crippen molar-refractivity contribution in [2.75, 3.05) is 11.4 Å². The smallest absolute Gasteiger partial charge is 0.416 e. The number of aryl methyl sites for hydroxylation is 1. The number of alkyl halides is 3. The summed E-state index contributed by atoms with van der Waals surface area (Å²) in [6.07, 6.45) is -3.86. The molecule has 39 heavy (non-hydrogen) atoms. The fourth-order valence-electron chi connectivity index (χ4n) is 3.84. The van der Waals surface area contributed by atoms with Crippen LogP contribution in [-0.2, 0) is 23.9 Å². The summed E-state index contributed by atoms with van der Waals surface area (Å²) in [4.78, 5) is 17.7. The maximum atomic E-state index is 13.0. The Morgan fingerprint density at radius 1 is 1.00 bits per heavy atom. The molecule has 1 N–H and O–H groups in total. The number of halogens is 3. The number of ether oxygens (including phenoxy) is 1. The number of carboxylic acid groups (broad SMARTS) is 1. The molecule has 0 fully saturated rings. The highest BCUT2D eigenvalue weighted by Gasteiger charge is 2.30. The monoisotopic (exact) mass is 539 g/mol. The minimum absolute atomic E-state index is 0.263. The third kappa shape index (κ3) is 7.16. The van der Waals surface area contributed by atoms with Gasteiger partial charge in [-0.15, -0.1) is 0 Å². The summed E-state index contributed by atoms with van der Waals surface area (Å²) in [5.41, 5.74) is 1.32. The number of anilines is 1. The Labute approximate surface area is 223 Å². The highest BCUT2D eigenvalue weighted by Crippen LogP contribution is 2.30. The average Bonchev–Trinajstić information content (AvgIpc) is 3.37. The molecule has 204 valence electrons. The minimum atomic E-state index is -4.41. The maximum absolute atomic E-state index is 13.0. The summed E-state index contributed by atoms with van der Waals surface area (Å²) in [5.74, 6) is 0.00702. The minimum Gasteiger partial charge on any atom is -0.478 e. The van der Waals surface area contributed by atoms with Gasteiger partial charge in [0.05, 0.1) is 5.56 Å². The topological polar surface area (TPSA) is 88.7 Å². The van der Waals surface area contributed by atoms with Crippen molar-refractivity contribution in [3.05, 3.63) is 95.1 Å². The van der Waals surface area contributed by atoms with Gasteiger partial charge in [0, 0.05) is 18.7 Å². The Bertz CT molecular complexity index is 1410. The van der Waals surface area contributed by atoms with Gasteiger partial charge in [-0.25, -0.2) is 4.79 Å². The van der Waals surface area contributed by atoms with Crippen molar-refractivity contribution in [1.29, 1.82) is 0 Å². The first-order valence-electron chi connectivity index (χ1n) is 12.2. The number of nitrogens with zero attached hydrogens (tertiary/aromatic N) is 3. The number of benzene rings is 3. The Hall–Kier alpha value is -4.34. The van der Waals surface area contributed by atoms with Gasteiger partial charge in [-0.1, -0.05) is 42.0 Å². The van der Waals surface area contributed by atoms with Crippen molar-refractivity contribution in [2.45, 2.75) is 45.5 Å². The number of hydrogen-bond donors (Lipinski definition) is 1. The zero-order valence-electron chi connectivity index (χ0n) is 21.7. The molecule has 7 nitrogen and oxygen atoms in total. The predicted molar refractivity (Wildman–Crippen MR) is 139 cm³/mol. The van der Waals surface area contributed by atoms with Crippen LogP contribution in [0.15, 0.2) is 77.3 Å². The van der Waals surface area contributed by atoms with Crippen molar-refractivity contribution in [3.8, 4) is 17.2 Å². The number of aliphatic carboxylic acids is 1. The van der Waals surface area contributed by atoms with Crippen LogP contribution < -0.4 is 9.64 Å². The summed E-state index contributed by atoms with van der Waals surface area (Å²) in [6, 6.07) is 19.7. The number of carbonyl (C=O) groups is 1. The van der Waals surface area contributed by atoms with Crippen LogP contribution in [0.25, 0.3) is 11.5 Å². The Morgan fingerprint density at radius 2 is 1.67 bits per heavy atom. The molecule has 0 aliphatic heterocycles. The molecule has 3 aromatic carbocycles. The molecule has 4 aromatic rings. The molecular weight excluding hydrogens is 511 g/mol. The molecule has 1 heterocycles. The molecular formula is C29H28F3N3O4. The molecule has 0 spiro atoms. The Kier molecular flexibility index (Phi) is 7.94. The molecule has 0 radical (unpaired) electrons. The van der Waals surface area contributed by atoms with Gasteiger partial charge < -0.3 is 19.3 Å². The van der Waals surface area contributed by atoms with Crippen molar-refractivity contribution in [1.82, 2.24) is 10.1 Å². The lowest BCUT2D eigenvalue weighted by Crippen LogP contribution is -2.37. The molecule has 0 amide bonds. The van der Waals surface area contributed by atoms with Crippen LogP contribution in [0, 0.1) is 6.92 Å². The van der Waals surface area contributed by atoms with Crippen molar-refractivity contribution < 1.29 is 32.3 Å². The first-order chi connectivity index (χ1) is 18.4. The molecule has 0 aliphatic carbocycles. The third-order valence-corrected chi connectivity index (χ3v) is 6.10. The predicted octanol–water partition coefficient (Wildman–Crippen LogP) is 6.56. The summed E-state index contributed by atoms with van der Waals surface area (Å²) >= 11 is 0. The second-order valence-corrected chi connectivity index (χ2v) is 9.70. The second-order valence-electron chi connectivity index (χ2n) is 9.70. The van der Waals surface area contributed by atoms with Gasteiger partial charge in [0.25, 0.3) is 11.8 Å². The van der Waals surface area contributed by atoms with E-state index in [9.17, 15) is 23.1 Å². The number of carboxylic acids is 1. The molecule has 0 saturated heterocycles. The number of aromatic nitrogens is 2. The fraction of sp³-hybridized carbons (Fsp3) is 0.276. The van der Waals surface area contributed by atoms with E-state index in [-0.39, 0.29) is 6.54 Å². The van der Waals surface area contributed by atoms with Gasteiger partial charge >= 0.3 is 12.1 Å². The SMILES string of the molecule is Cc1cccc(-c2nc(N(CCc3ccc(OC(C)(C)C(=O)O)cc3)Cc3ccc(C(F)(F)F)cc3)no2)c1. The summed E-state index contributed by atoms with van der Waals surface area (Å²) < 4.78 is 50.1. The molecule has 1 aromatic heterocycles. The van der Waals surface area contributed by atoms with Gasteiger partial charge in [0.1, 0.15) is 5.75 Å². The van der Waals surface area contributed by atoms with Crippen LogP contribution in [0.2, 0.25) is 0 Å². The normalized spacial score (nSPS) is 11.8. The van der Waals surface area contributed by atoms with E-state index in [4.69, 9.17) is 9.26 Å². The fourth-order valence-corrected chi connectivity index (χ4v) is 3.84. The Morgan fingerprint density at radius 3 is 2.28 bits per heavy atom. The molecule has 0 saturated carbocycles. The first-order valence-corrected chi connectivity index (χ1v) is 12.2. The van der Waals surface area contributed by atoms with Gasteiger partial charge in [-0.2, -0.15) is 18.2 Å². The molecule has 0 aliphatic rings. The van der Waals surface area contributed by atoms with Crippen LogP contribution in [0.4, 0.5) is 19.1 Å². The highest BCUT2D eigenvalue weighted by molar-refractivity contribution is 5.76. The molecule has 0 bridgehead atoms. The molecule has 0 unspecified atom stereocenters. The van der Waals surface area contributed by atoms with Crippen LogP contribution >= 0.6 is 0 Å². The van der Waals surface area contributed by atoms with Crippen molar-refractivity contribution in [2.24, 2.45) is 0 Å². The van der Waals surface area contributed by atoms with Crippen molar-refractivity contribution >= 4 is 11.9 Å². The van der Waals surface area contributed by atoms with Gasteiger partial charge in [-0.3, -0.25) is 0 Å². The van der Waals surface area contributed by atoms with E-state index in [1.54, 1.807) is 12.1 Å². The van der Waals surface area contributed by atoms with E-state index in [0.29, 0.717) is 36.1 Å². The summed E-state index contributed by atoms with van der Waals surface area (Å²) in [7, 11) is 0. The average molecular weight is 540 g/mol. The van der Waals surface area contributed by atoms with E-state index in [1.165, 1.54) is 26.0 Å². The standard InChI is InChI=1S/C29H28F3N3O4/c1-19-5-4-6-22(17-19)25-33-27(34-39-25)35(18-21-7-11-23(12-8-21)29(30,31)32)16-15-20-9-13-24(14-10-20)38-28(2,3)26(36)37/h4-14,17H,15-16,18H2,1-3H3,(H,36,37). The van der Waals surface area contributed by atoms with E-state index in [0.717, 1.165) is 28.8 Å². The zero-order chi connectivity index (χ0) is 28.2. The molecule has 10 heteroatoms. The maximum Gasteiger partial charge on any atom is 0.416 e. The number of rotatable bonds is 10. The molecule has 4 rings (SSSR count). The quantitative estimate of drug-likeness (QED) is 0.244. The summed E-state index contributed by atoms with van der Waals surface area (Å²) in [6.45, 7) is 5.60. The van der Waals surface area contributed by atoms with Gasteiger partial charge in [0.2, 0.25) is 0 Å². The van der Waals surface area contributed by atoms with Crippen LogP contribution in [-0.4, -0.2) is 33.4 Å². The lowest BCUT2D eigenvalue weighted by Gasteiger charge is -2.22. The van der Waals surface area contributed by atoms with Crippen molar-refractivity contribution in [3.63, 3.8) is 0 Å². The third-order valence-electron chi connectivity index (χ3n) is 6.10.